The normalized spacial score (nSPS) is 16.0. The zero-order valence-corrected chi connectivity index (χ0v) is 16.0. The number of amides is 1. The molecule has 2 aromatic rings. The van der Waals surface area contributed by atoms with E-state index in [1.807, 2.05) is 13.0 Å². The average Bonchev–Trinajstić information content (AvgIpc) is 3.15. The average molecular weight is 377 g/mol. The largest absolute Gasteiger partial charge is 0.495 e. The van der Waals surface area contributed by atoms with Crippen LogP contribution in [0, 0.1) is 11.8 Å². The first-order chi connectivity index (χ1) is 12.5. The molecule has 0 bridgehead atoms. The Balaban J connectivity index is 1.66. The van der Waals surface area contributed by atoms with Crippen molar-refractivity contribution >= 4 is 28.4 Å². The molecule has 2 N–H and O–H groups in total. The summed E-state index contributed by atoms with van der Waals surface area (Å²) in [5, 5.41) is 4.29. The quantitative estimate of drug-likeness (QED) is 0.807. The first kappa shape index (κ1) is 18.8. The van der Waals surface area contributed by atoms with Gasteiger partial charge in [0.1, 0.15) is 5.75 Å². The molecule has 1 atom stereocenters. The maximum absolute atomic E-state index is 12.3. The predicted molar refractivity (Wildman–Crippen MR) is 104 cm³/mol. The number of carbonyl (C=O) groups excluding carboxylic acids is 1. The molecule has 26 heavy (non-hydrogen) atoms. The van der Waals surface area contributed by atoms with Crippen LogP contribution in [0.15, 0.2) is 23.0 Å². The zero-order valence-electron chi connectivity index (χ0n) is 15.2. The fourth-order valence-corrected chi connectivity index (χ4v) is 3.99. The van der Waals surface area contributed by atoms with Crippen molar-refractivity contribution < 1.29 is 9.53 Å². The fraction of sp³-hybridized carbons (Fsp3) is 0.500. The van der Waals surface area contributed by atoms with Gasteiger partial charge in [0.15, 0.2) is 0 Å². The van der Waals surface area contributed by atoms with Crippen molar-refractivity contribution in [1.29, 1.82) is 0 Å². The van der Waals surface area contributed by atoms with Gasteiger partial charge in [0.25, 0.3) is 5.56 Å². The van der Waals surface area contributed by atoms with Crippen LogP contribution < -0.4 is 15.6 Å². The van der Waals surface area contributed by atoms with Gasteiger partial charge < -0.3 is 15.0 Å². The minimum absolute atomic E-state index is 0.0405. The van der Waals surface area contributed by atoms with E-state index in [1.165, 1.54) is 12.8 Å². The van der Waals surface area contributed by atoms with E-state index in [0.29, 0.717) is 40.7 Å². The standard InChI is InChI=1S/C20H25ClN2O3/c1-12(13-5-3-4-6-13)19(24)22-8-7-14-9-15-10-18(26-2)16(21)11-17(15)23-20(14)25/h9-13H,3-8H2,1-2H3,(H,22,24)(H,23,25). The van der Waals surface area contributed by atoms with Gasteiger partial charge in [-0.2, -0.15) is 0 Å². The van der Waals surface area contributed by atoms with Gasteiger partial charge in [-0.25, -0.2) is 0 Å². The first-order valence-corrected chi connectivity index (χ1v) is 9.54. The molecule has 1 saturated carbocycles. The highest BCUT2D eigenvalue weighted by Crippen LogP contribution is 2.31. The number of benzene rings is 1. The molecule has 140 valence electrons. The Bertz CT molecular complexity index is 856. The number of nitrogens with one attached hydrogen (secondary N) is 2. The highest BCUT2D eigenvalue weighted by molar-refractivity contribution is 6.32. The maximum atomic E-state index is 12.3. The number of pyridine rings is 1. The number of rotatable bonds is 6. The van der Waals surface area contributed by atoms with Gasteiger partial charge in [-0.15, -0.1) is 0 Å². The molecule has 0 saturated heterocycles. The van der Waals surface area contributed by atoms with Gasteiger partial charge in [0.2, 0.25) is 5.91 Å². The molecule has 3 rings (SSSR count). The van der Waals surface area contributed by atoms with E-state index in [2.05, 4.69) is 10.3 Å². The summed E-state index contributed by atoms with van der Waals surface area (Å²) in [4.78, 5) is 27.4. The summed E-state index contributed by atoms with van der Waals surface area (Å²) in [5.74, 6) is 1.19. The maximum Gasteiger partial charge on any atom is 0.251 e. The van der Waals surface area contributed by atoms with E-state index in [4.69, 9.17) is 16.3 Å². The molecule has 0 aliphatic heterocycles. The van der Waals surface area contributed by atoms with E-state index < -0.39 is 0 Å². The predicted octanol–water partition coefficient (Wildman–Crippen LogP) is 3.68. The molecular formula is C20H25ClN2O3. The molecule has 1 amide bonds. The summed E-state index contributed by atoms with van der Waals surface area (Å²) in [7, 11) is 1.56. The van der Waals surface area contributed by atoms with Gasteiger partial charge >= 0.3 is 0 Å². The highest BCUT2D eigenvalue weighted by Gasteiger charge is 2.26. The van der Waals surface area contributed by atoms with Crippen LogP contribution in [0.4, 0.5) is 0 Å². The summed E-state index contributed by atoms with van der Waals surface area (Å²) in [6, 6.07) is 5.32. The van der Waals surface area contributed by atoms with Gasteiger partial charge in [0, 0.05) is 23.4 Å². The molecule has 6 heteroatoms. The summed E-state index contributed by atoms with van der Waals surface area (Å²) in [6.45, 7) is 2.46. The van der Waals surface area contributed by atoms with E-state index in [-0.39, 0.29) is 17.4 Å². The zero-order chi connectivity index (χ0) is 18.7. The smallest absolute Gasteiger partial charge is 0.251 e. The summed E-state index contributed by atoms with van der Waals surface area (Å²) in [5.41, 5.74) is 1.15. The molecular weight excluding hydrogens is 352 g/mol. The number of hydrogen-bond donors (Lipinski definition) is 2. The lowest BCUT2D eigenvalue weighted by molar-refractivity contribution is -0.125. The van der Waals surface area contributed by atoms with Crippen LogP contribution in [-0.4, -0.2) is 24.5 Å². The highest BCUT2D eigenvalue weighted by atomic mass is 35.5. The minimum Gasteiger partial charge on any atom is -0.495 e. The number of ether oxygens (including phenoxy) is 1. The Labute approximate surface area is 158 Å². The SMILES string of the molecule is COc1cc2cc(CCNC(=O)C(C)C3CCCC3)c(=O)[nH]c2cc1Cl. The van der Waals surface area contributed by atoms with E-state index in [1.54, 1.807) is 19.2 Å². The number of aromatic amines is 1. The number of carbonyl (C=O) groups is 1. The van der Waals surface area contributed by atoms with Crippen LogP contribution in [0.3, 0.4) is 0 Å². The lowest BCUT2D eigenvalue weighted by Crippen LogP contribution is -2.34. The molecule has 0 radical (unpaired) electrons. The molecule has 1 fully saturated rings. The summed E-state index contributed by atoms with van der Waals surface area (Å²) in [6.07, 6.45) is 5.22. The van der Waals surface area contributed by atoms with Crippen LogP contribution >= 0.6 is 11.6 Å². The van der Waals surface area contributed by atoms with Crippen LogP contribution in [0.2, 0.25) is 5.02 Å². The van der Waals surface area contributed by atoms with Crippen molar-refractivity contribution in [2.24, 2.45) is 11.8 Å². The molecule has 1 unspecified atom stereocenters. The van der Waals surface area contributed by atoms with Crippen LogP contribution in [0.1, 0.15) is 38.2 Å². The Kier molecular flexibility index (Phi) is 5.87. The van der Waals surface area contributed by atoms with E-state index in [9.17, 15) is 9.59 Å². The molecule has 1 aliphatic rings. The van der Waals surface area contributed by atoms with Crippen molar-refractivity contribution in [3.63, 3.8) is 0 Å². The third-order valence-electron chi connectivity index (χ3n) is 5.41. The van der Waals surface area contributed by atoms with Gasteiger partial charge in [-0.1, -0.05) is 31.4 Å². The molecule has 5 nitrogen and oxygen atoms in total. The third kappa shape index (κ3) is 4.04. The van der Waals surface area contributed by atoms with Crippen LogP contribution in [-0.2, 0) is 11.2 Å². The van der Waals surface area contributed by atoms with E-state index >= 15 is 0 Å². The second-order valence-electron chi connectivity index (χ2n) is 7.07. The number of fused-ring (bicyclic) bond motifs is 1. The van der Waals surface area contributed by atoms with Crippen LogP contribution in [0.25, 0.3) is 10.9 Å². The fourth-order valence-electron chi connectivity index (χ4n) is 3.75. The van der Waals surface area contributed by atoms with Crippen molar-refractivity contribution in [3.8, 4) is 5.75 Å². The van der Waals surface area contributed by atoms with Crippen molar-refractivity contribution in [2.75, 3.05) is 13.7 Å². The Hall–Kier alpha value is -2.01. The minimum atomic E-state index is -0.156. The van der Waals surface area contributed by atoms with Gasteiger partial charge in [-0.3, -0.25) is 9.59 Å². The molecule has 1 heterocycles. The van der Waals surface area contributed by atoms with Crippen LogP contribution in [0.5, 0.6) is 5.75 Å². The number of methoxy groups -OCH3 is 1. The molecule has 1 aromatic heterocycles. The number of halogens is 1. The second-order valence-corrected chi connectivity index (χ2v) is 7.48. The number of aromatic nitrogens is 1. The number of hydrogen-bond acceptors (Lipinski definition) is 3. The van der Waals surface area contributed by atoms with Crippen molar-refractivity contribution in [1.82, 2.24) is 10.3 Å². The lowest BCUT2D eigenvalue weighted by atomic mass is 9.92. The molecule has 1 aromatic carbocycles. The number of H-pyrrole nitrogens is 1. The summed E-state index contributed by atoms with van der Waals surface area (Å²) < 4.78 is 5.23. The monoisotopic (exact) mass is 376 g/mol. The first-order valence-electron chi connectivity index (χ1n) is 9.16. The Morgan fingerprint density at radius 3 is 2.77 bits per heavy atom. The molecule has 0 spiro atoms. The van der Waals surface area contributed by atoms with Crippen molar-refractivity contribution in [3.05, 3.63) is 39.1 Å². The third-order valence-corrected chi connectivity index (χ3v) is 5.70. The topological polar surface area (TPSA) is 71.2 Å². The lowest BCUT2D eigenvalue weighted by Gasteiger charge is -2.18. The Morgan fingerprint density at radius 2 is 2.08 bits per heavy atom. The summed E-state index contributed by atoms with van der Waals surface area (Å²) >= 11 is 6.10. The second kappa shape index (κ2) is 8.12. The van der Waals surface area contributed by atoms with E-state index in [0.717, 1.165) is 18.2 Å². The van der Waals surface area contributed by atoms with Gasteiger partial charge in [-0.05, 0) is 43.4 Å². The molecule has 1 aliphatic carbocycles. The van der Waals surface area contributed by atoms with Gasteiger partial charge in [0.05, 0.1) is 17.6 Å². The van der Waals surface area contributed by atoms with Crippen molar-refractivity contribution in [2.45, 2.75) is 39.0 Å². The Morgan fingerprint density at radius 1 is 1.35 bits per heavy atom.